The average molecular weight is 407 g/mol. The molecule has 2 aromatic carbocycles. The van der Waals surface area contributed by atoms with E-state index in [9.17, 15) is 14.0 Å². The predicted octanol–water partition coefficient (Wildman–Crippen LogP) is 4.11. The fraction of sp³-hybridized carbons (Fsp3) is 0.0476. The van der Waals surface area contributed by atoms with Gasteiger partial charge in [0.05, 0.1) is 22.2 Å². The molecule has 5 rings (SSSR count). The van der Waals surface area contributed by atoms with E-state index >= 15 is 0 Å². The Morgan fingerprint density at radius 3 is 2.34 bits per heavy atom. The maximum Gasteiger partial charge on any atom is 0.262 e. The number of imide groups is 1. The van der Waals surface area contributed by atoms with Crippen molar-refractivity contribution in [2.75, 3.05) is 7.05 Å². The van der Waals surface area contributed by atoms with Gasteiger partial charge in [0.1, 0.15) is 11.5 Å². The third-order valence-corrected chi connectivity index (χ3v) is 5.19. The minimum Gasteiger partial charge on any atom is -0.277 e. The second kappa shape index (κ2) is 6.22. The van der Waals surface area contributed by atoms with Crippen molar-refractivity contribution in [3.8, 4) is 16.9 Å². The van der Waals surface area contributed by atoms with Gasteiger partial charge in [-0.2, -0.15) is 5.10 Å². The fourth-order valence-corrected chi connectivity index (χ4v) is 3.61. The summed E-state index contributed by atoms with van der Waals surface area (Å²) in [5.41, 5.74) is 2.68. The van der Waals surface area contributed by atoms with Gasteiger partial charge in [-0.1, -0.05) is 23.7 Å². The Bertz CT molecular complexity index is 1310. The van der Waals surface area contributed by atoms with E-state index in [4.69, 9.17) is 11.6 Å². The SMILES string of the molecule is CN1C(=O)c2cnc3c(c(-c4ccc(Cl)cc4)nn3-c3ccc(F)cc3)c2C1=O. The first-order valence-corrected chi connectivity index (χ1v) is 9.09. The second-order valence-electron chi connectivity index (χ2n) is 6.66. The van der Waals surface area contributed by atoms with E-state index in [1.807, 2.05) is 0 Å². The maximum absolute atomic E-state index is 13.4. The predicted molar refractivity (Wildman–Crippen MR) is 106 cm³/mol. The van der Waals surface area contributed by atoms with Gasteiger partial charge in [-0.05, 0) is 36.4 Å². The van der Waals surface area contributed by atoms with Gasteiger partial charge in [-0.3, -0.25) is 14.5 Å². The van der Waals surface area contributed by atoms with Crippen molar-refractivity contribution >= 4 is 34.4 Å². The molecule has 0 fully saturated rings. The zero-order valence-corrected chi connectivity index (χ0v) is 15.8. The highest BCUT2D eigenvalue weighted by Crippen LogP contribution is 2.36. The van der Waals surface area contributed by atoms with Crippen LogP contribution in [0.3, 0.4) is 0 Å². The van der Waals surface area contributed by atoms with Crippen LogP contribution in [-0.4, -0.2) is 38.5 Å². The molecule has 1 aliphatic heterocycles. The molecule has 0 spiro atoms. The van der Waals surface area contributed by atoms with E-state index in [2.05, 4.69) is 10.1 Å². The monoisotopic (exact) mass is 406 g/mol. The van der Waals surface area contributed by atoms with Gasteiger partial charge < -0.3 is 0 Å². The molecule has 8 heteroatoms. The summed E-state index contributed by atoms with van der Waals surface area (Å²) in [6, 6.07) is 12.8. The molecule has 0 saturated carbocycles. The molecule has 29 heavy (non-hydrogen) atoms. The summed E-state index contributed by atoms with van der Waals surface area (Å²) in [4.78, 5) is 30.7. The number of halogens is 2. The van der Waals surface area contributed by atoms with E-state index < -0.39 is 11.8 Å². The summed E-state index contributed by atoms with van der Waals surface area (Å²) in [5, 5.41) is 5.69. The molecular formula is C21H12ClFN4O2. The second-order valence-corrected chi connectivity index (χ2v) is 7.09. The number of rotatable bonds is 2. The van der Waals surface area contributed by atoms with E-state index in [0.717, 1.165) is 4.90 Å². The molecule has 0 radical (unpaired) electrons. The molecule has 6 nitrogen and oxygen atoms in total. The van der Waals surface area contributed by atoms with Crippen molar-refractivity contribution in [1.82, 2.24) is 19.7 Å². The molecule has 0 bridgehead atoms. The van der Waals surface area contributed by atoms with Crippen LogP contribution in [0.4, 0.5) is 4.39 Å². The molecule has 4 aromatic rings. The molecule has 3 heterocycles. The number of fused-ring (bicyclic) bond motifs is 3. The van der Waals surface area contributed by atoms with Gasteiger partial charge in [0.25, 0.3) is 11.8 Å². The van der Waals surface area contributed by atoms with Gasteiger partial charge in [0.15, 0.2) is 5.65 Å². The summed E-state index contributed by atoms with van der Waals surface area (Å²) in [6.07, 6.45) is 1.38. The third kappa shape index (κ3) is 2.55. The Balaban J connectivity index is 1.88. The topological polar surface area (TPSA) is 68.1 Å². The first kappa shape index (κ1) is 17.5. The third-order valence-electron chi connectivity index (χ3n) is 4.94. The first-order chi connectivity index (χ1) is 14.0. The number of amides is 2. The van der Waals surface area contributed by atoms with Crippen molar-refractivity contribution in [3.05, 3.63) is 76.7 Å². The molecule has 0 unspecified atom stereocenters. The van der Waals surface area contributed by atoms with E-state index in [-0.39, 0.29) is 16.9 Å². The largest absolute Gasteiger partial charge is 0.277 e. The lowest BCUT2D eigenvalue weighted by molar-refractivity contribution is 0.0693. The van der Waals surface area contributed by atoms with Crippen LogP contribution in [-0.2, 0) is 0 Å². The zero-order chi connectivity index (χ0) is 20.3. The van der Waals surface area contributed by atoms with Crippen LogP contribution >= 0.6 is 11.6 Å². The Kier molecular flexibility index (Phi) is 3.75. The lowest BCUT2D eigenvalue weighted by Gasteiger charge is -2.04. The summed E-state index contributed by atoms with van der Waals surface area (Å²) in [7, 11) is 1.43. The molecule has 2 aromatic heterocycles. The van der Waals surface area contributed by atoms with E-state index in [1.54, 1.807) is 36.4 Å². The minimum absolute atomic E-state index is 0.235. The molecular weight excluding hydrogens is 395 g/mol. The van der Waals surface area contributed by atoms with Gasteiger partial charge in [-0.15, -0.1) is 0 Å². The highest BCUT2D eigenvalue weighted by molar-refractivity contribution is 6.30. The molecule has 1 aliphatic rings. The molecule has 0 N–H and O–H groups in total. The van der Waals surface area contributed by atoms with Crippen LogP contribution in [0.15, 0.2) is 54.7 Å². The van der Waals surface area contributed by atoms with Crippen LogP contribution in [0.1, 0.15) is 20.7 Å². The lowest BCUT2D eigenvalue weighted by Crippen LogP contribution is -2.24. The van der Waals surface area contributed by atoms with Crippen LogP contribution in [0.25, 0.3) is 28.0 Å². The molecule has 0 aliphatic carbocycles. The number of benzene rings is 2. The van der Waals surface area contributed by atoms with Crippen molar-refractivity contribution in [3.63, 3.8) is 0 Å². The quantitative estimate of drug-likeness (QED) is 0.470. The number of hydrogen-bond acceptors (Lipinski definition) is 4. The first-order valence-electron chi connectivity index (χ1n) is 8.71. The van der Waals surface area contributed by atoms with Crippen molar-refractivity contribution in [1.29, 1.82) is 0 Å². The summed E-state index contributed by atoms with van der Waals surface area (Å²) < 4.78 is 14.9. The van der Waals surface area contributed by atoms with E-state index in [1.165, 1.54) is 30.1 Å². The Morgan fingerprint density at radius 2 is 1.66 bits per heavy atom. The van der Waals surface area contributed by atoms with Crippen molar-refractivity contribution < 1.29 is 14.0 Å². The van der Waals surface area contributed by atoms with Crippen molar-refractivity contribution in [2.24, 2.45) is 0 Å². The Labute approximate surface area is 169 Å². The van der Waals surface area contributed by atoms with Crippen molar-refractivity contribution in [2.45, 2.75) is 0 Å². The van der Waals surface area contributed by atoms with Crippen LogP contribution in [0.5, 0.6) is 0 Å². The number of carbonyl (C=O) groups is 2. The summed E-state index contributed by atoms with van der Waals surface area (Å²) in [6.45, 7) is 0. The fourth-order valence-electron chi connectivity index (χ4n) is 3.48. The minimum atomic E-state index is -0.411. The standard InChI is InChI=1S/C21H12ClFN4O2/c1-26-20(28)15-10-24-19-17(16(15)21(26)29)18(11-2-4-12(22)5-3-11)25-27(19)14-8-6-13(23)7-9-14/h2-10H,1H3. The van der Waals surface area contributed by atoms with Crippen LogP contribution in [0, 0.1) is 5.82 Å². The average Bonchev–Trinajstić information content (AvgIpc) is 3.21. The molecule has 2 amide bonds. The van der Waals surface area contributed by atoms with Gasteiger partial charge >= 0.3 is 0 Å². The summed E-state index contributed by atoms with van der Waals surface area (Å²) in [5.74, 6) is -1.19. The Hall–Kier alpha value is -3.58. The smallest absolute Gasteiger partial charge is 0.262 e. The van der Waals surface area contributed by atoms with Gasteiger partial charge in [-0.25, -0.2) is 14.1 Å². The van der Waals surface area contributed by atoms with Gasteiger partial charge in [0.2, 0.25) is 0 Å². The number of pyridine rings is 1. The number of carbonyl (C=O) groups excluding carboxylic acids is 2. The Morgan fingerprint density at radius 1 is 0.966 bits per heavy atom. The lowest BCUT2D eigenvalue weighted by atomic mass is 10.0. The van der Waals surface area contributed by atoms with E-state index in [0.29, 0.717) is 33.0 Å². The highest BCUT2D eigenvalue weighted by atomic mass is 35.5. The van der Waals surface area contributed by atoms with Crippen LogP contribution < -0.4 is 0 Å². The van der Waals surface area contributed by atoms with Gasteiger partial charge in [0, 0.05) is 23.8 Å². The highest BCUT2D eigenvalue weighted by Gasteiger charge is 2.37. The number of hydrogen-bond donors (Lipinski definition) is 0. The normalized spacial score (nSPS) is 13.4. The maximum atomic E-state index is 13.4. The van der Waals surface area contributed by atoms with Crippen LogP contribution in [0.2, 0.25) is 5.02 Å². The molecule has 142 valence electrons. The molecule has 0 atom stereocenters. The molecule has 0 saturated heterocycles. The number of nitrogens with zero attached hydrogens (tertiary/aromatic N) is 4. The zero-order valence-electron chi connectivity index (χ0n) is 15.1. The number of aromatic nitrogens is 3. The summed E-state index contributed by atoms with van der Waals surface area (Å²) >= 11 is 6.01.